The normalized spacial score (nSPS) is 20.4. The fourth-order valence-electron chi connectivity index (χ4n) is 3.66. The number of aliphatic imine (C=N–C) groups is 1. The number of halogens is 1. The highest BCUT2D eigenvalue weighted by molar-refractivity contribution is 8.18. The second-order valence-corrected chi connectivity index (χ2v) is 9.28. The van der Waals surface area contributed by atoms with Crippen molar-refractivity contribution in [3.8, 4) is 0 Å². The van der Waals surface area contributed by atoms with Crippen LogP contribution in [0, 0.1) is 12.7 Å². The minimum Gasteiger partial charge on any atom is -0.365 e. The molecule has 6 heteroatoms. The number of carbonyl (C=O) groups excluding carboxylic acids is 1. The summed E-state index contributed by atoms with van der Waals surface area (Å²) < 4.78 is 14.9. The highest BCUT2D eigenvalue weighted by Crippen LogP contribution is 2.40. The number of rotatable bonds is 2. The fraction of sp³-hybridized carbons (Fsp3) is 0.250. The summed E-state index contributed by atoms with van der Waals surface area (Å²) in [5.41, 5.74) is 5.03. The van der Waals surface area contributed by atoms with Crippen molar-refractivity contribution in [2.24, 2.45) is 4.99 Å². The molecule has 1 amide bonds. The van der Waals surface area contributed by atoms with Crippen LogP contribution in [0.25, 0.3) is 11.6 Å². The quantitative estimate of drug-likeness (QED) is 0.637. The second kappa shape index (κ2) is 7.43. The monoisotopic (exact) mass is 421 g/mol. The van der Waals surface area contributed by atoms with Crippen molar-refractivity contribution in [2.45, 2.75) is 33.2 Å². The van der Waals surface area contributed by atoms with Crippen LogP contribution in [0.5, 0.6) is 0 Å². The van der Waals surface area contributed by atoms with Gasteiger partial charge in [0, 0.05) is 23.9 Å². The van der Waals surface area contributed by atoms with Crippen molar-refractivity contribution in [2.75, 3.05) is 11.9 Å². The van der Waals surface area contributed by atoms with Gasteiger partial charge in [-0.3, -0.25) is 4.79 Å². The van der Waals surface area contributed by atoms with Crippen LogP contribution >= 0.6 is 11.8 Å². The van der Waals surface area contributed by atoms with Gasteiger partial charge in [-0.05, 0) is 75.4 Å². The molecular weight excluding hydrogens is 397 g/mol. The molecule has 30 heavy (non-hydrogen) atoms. The Morgan fingerprint density at radius 2 is 1.87 bits per heavy atom. The number of benzene rings is 2. The van der Waals surface area contributed by atoms with E-state index in [1.54, 1.807) is 12.1 Å². The minimum absolute atomic E-state index is 0.188. The van der Waals surface area contributed by atoms with E-state index < -0.39 is 0 Å². The van der Waals surface area contributed by atoms with E-state index in [-0.39, 0.29) is 17.3 Å². The Balaban J connectivity index is 1.66. The number of amides is 1. The summed E-state index contributed by atoms with van der Waals surface area (Å²) in [4.78, 5) is 19.4. The number of nitrogens with one attached hydrogen (secondary N) is 1. The van der Waals surface area contributed by atoms with Crippen molar-refractivity contribution < 1.29 is 9.18 Å². The molecule has 0 spiro atoms. The van der Waals surface area contributed by atoms with Crippen LogP contribution in [-0.2, 0) is 4.79 Å². The average Bonchev–Trinajstić information content (AvgIpc) is 3.01. The Hall–Kier alpha value is -2.86. The summed E-state index contributed by atoms with van der Waals surface area (Å²) in [6.45, 7) is 8.24. The zero-order chi connectivity index (χ0) is 21.6. The molecule has 154 valence electrons. The van der Waals surface area contributed by atoms with E-state index >= 15 is 0 Å². The van der Waals surface area contributed by atoms with Crippen LogP contribution in [-0.4, -0.2) is 23.7 Å². The maximum absolute atomic E-state index is 14.9. The van der Waals surface area contributed by atoms with Gasteiger partial charge in [0.2, 0.25) is 0 Å². The number of allylic oxidation sites excluding steroid dienone is 1. The highest BCUT2D eigenvalue weighted by Gasteiger charge is 2.30. The average molecular weight is 422 g/mol. The number of hydrogen-bond acceptors (Lipinski definition) is 4. The molecule has 4 rings (SSSR count). The lowest BCUT2D eigenvalue weighted by Gasteiger charge is -2.40. The molecule has 1 N–H and O–H groups in total. The van der Waals surface area contributed by atoms with Crippen LogP contribution < -0.4 is 10.2 Å². The maximum atomic E-state index is 14.9. The Kier molecular flexibility index (Phi) is 5.06. The molecular formula is C24H24FN3OS. The van der Waals surface area contributed by atoms with Gasteiger partial charge in [-0.15, -0.1) is 0 Å². The molecule has 0 bridgehead atoms. The molecule has 1 fully saturated rings. The van der Waals surface area contributed by atoms with E-state index in [0.29, 0.717) is 15.6 Å². The first-order valence-electron chi connectivity index (χ1n) is 9.77. The predicted octanol–water partition coefficient (Wildman–Crippen LogP) is 5.66. The van der Waals surface area contributed by atoms with Crippen molar-refractivity contribution in [3.05, 3.63) is 69.9 Å². The number of anilines is 1. The summed E-state index contributed by atoms with van der Waals surface area (Å²) in [5.74, 6) is -0.621. The highest BCUT2D eigenvalue weighted by atomic mass is 32.2. The lowest BCUT2D eigenvalue weighted by atomic mass is 9.88. The number of hydrogen-bond donors (Lipinski definition) is 1. The number of likely N-dealkylation sites (N-methyl/N-ethyl adjacent to an activating group) is 1. The lowest BCUT2D eigenvalue weighted by molar-refractivity contribution is -0.115. The molecule has 0 saturated carbocycles. The number of thioether (sulfide) groups is 1. The van der Waals surface area contributed by atoms with Crippen LogP contribution in [0.3, 0.4) is 0 Å². The van der Waals surface area contributed by atoms with Gasteiger partial charge in [0.1, 0.15) is 5.82 Å². The number of fused-ring (bicyclic) bond motifs is 1. The Labute approximate surface area is 180 Å². The molecule has 2 aromatic carbocycles. The minimum atomic E-state index is -0.351. The van der Waals surface area contributed by atoms with Gasteiger partial charge in [0.05, 0.1) is 16.1 Å². The fourth-order valence-corrected chi connectivity index (χ4v) is 4.49. The van der Waals surface area contributed by atoms with Gasteiger partial charge in [-0.2, -0.15) is 0 Å². The number of carbonyl (C=O) groups is 1. The first-order valence-corrected chi connectivity index (χ1v) is 10.6. The molecule has 1 saturated heterocycles. The first kappa shape index (κ1) is 20.4. The maximum Gasteiger partial charge on any atom is 0.264 e. The van der Waals surface area contributed by atoms with E-state index in [9.17, 15) is 9.18 Å². The van der Waals surface area contributed by atoms with Gasteiger partial charge in [0.25, 0.3) is 5.91 Å². The molecule has 2 heterocycles. The Bertz CT molecular complexity index is 1130. The standard InChI is InChI=1S/C24H24FN3OS/c1-14-6-8-17(9-7-14)26-23-27-22(29)21(30-23)11-16-10-18-15(2)13-24(3,4)28(5)20(18)12-19(16)25/h6-13H,1-5H3,(H,26,27,29)/b21-11+. The van der Waals surface area contributed by atoms with Crippen LogP contribution in [0.15, 0.2) is 52.4 Å². The van der Waals surface area contributed by atoms with E-state index in [2.05, 4.69) is 35.1 Å². The molecule has 0 radical (unpaired) electrons. The van der Waals surface area contributed by atoms with Gasteiger partial charge in [-0.1, -0.05) is 23.8 Å². The summed E-state index contributed by atoms with van der Waals surface area (Å²) in [6, 6.07) is 11.1. The van der Waals surface area contributed by atoms with Crippen molar-refractivity contribution in [1.29, 1.82) is 0 Å². The topological polar surface area (TPSA) is 44.7 Å². The van der Waals surface area contributed by atoms with E-state index in [1.807, 2.05) is 51.2 Å². The Morgan fingerprint density at radius 3 is 2.57 bits per heavy atom. The molecule has 0 unspecified atom stereocenters. The SMILES string of the molecule is CC1=CC(C)(C)N(C)c2cc(F)c(/C=C3/SC(=Nc4ccc(C)cc4)NC3=O)cc21. The molecule has 2 aliphatic rings. The van der Waals surface area contributed by atoms with E-state index in [1.165, 1.54) is 11.8 Å². The third kappa shape index (κ3) is 3.79. The second-order valence-electron chi connectivity index (χ2n) is 8.25. The lowest BCUT2D eigenvalue weighted by Crippen LogP contribution is -2.42. The Morgan fingerprint density at radius 1 is 1.17 bits per heavy atom. The third-order valence-electron chi connectivity index (χ3n) is 5.54. The molecule has 2 aromatic rings. The van der Waals surface area contributed by atoms with Crippen molar-refractivity contribution in [1.82, 2.24) is 5.32 Å². The molecule has 2 aliphatic heterocycles. The summed E-state index contributed by atoms with van der Waals surface area (Å²) in [5, 5.41) is 3.25. The molecule has 4 nitrogen and oxygen atoms in total. The van der Waals surface area contributed by atoms with Crippen molar-refractivity contribution >= 4 is 45.9 Å². The zero-order valence-corrected chi connectivity index (χ0v) is 18.5. The zero-order valence-electron chi connectivity index (χ0n) is 17.7. The van der Waals surface area contributed by atoms with Crippen molar-refractivity contribution in [3.63, 3.8) is 0 Å². The molecule has 0 aromatic heterocycles. The largest absolute Gasteiger partial charge is 0.365 e. The summed E-state index contributed by atoms with van der Waals surface area (Å²) >= 11 is 1.22. The van der Waals surface area contributed by atoms with Gasteiger partial charge < -0.3 is 10.2 Å². The van der Waals surface area contributed by atoms with Gasteiger partial charge in [0.15, 0.2) is 5.17 Å². The predicted molar refractivity (Wildman–Crippen MR) is 125 cm³/mol. The van der Waals surface area contributed by atoms with E-state index in [0.717, 1.165) is 28.1 Å². The van der Waals surface area contributed by atoms with Crippen LogP contribution in [0.4, 0.5) is 15.8 Å². The smallest absolute Gasteiger partial charge is 0.264 e. The summed E-state index contributed by atoms with van der Waals surface area (Å²) in [7, 11) is 1.97. The molecule has 0 aliphatic carbocycles. The van der Waals surface area contributed by atoms with Gasteiger partial charge in [-0.25, -0.2) is 9.38 Å². The van der Waals surface area contributed by atoms with Crippen LogP contribution in [0.2, 0.25) is 0 Å². The number of nitrogens with zero attached hydrogens (tertiary/aromatic N) is 2. The molecule has 0 atom stereocenters. The van der Waals surface area contributed by atoms with E-state index in [4.69, 9.17) is 0 Å². The number of aryl methyl sites for hydroxylation is 1. The summed E-state index contributed by atoms with van der Waals surface area (Å²) in [6.07, 6.45) is 3.77. The first-order chi connectivity index (χ1) is 14.1. The third-order valence-corrected chi connectivity index (χ3v) is 6.45. The van der Waals surface area contributed by atoms with Gasteiger partial charge >= 0.3 is 0 Å². The number of amidine groups is 1. The van der Waals surface area contributed by atoms with Crippen LogP contribution in [0.1, 0.15) is 37.5 Å².